The Morgan fingerprint density at radius 1 is 1.39 bits per heavy atom. The summed E-state index contributed by atoms with van der Waals surface area (Å²) in [6.07, 6.45) is 3.64. The van der Waals surface area contributed by atoms with Gasteiger partial charge in [0.05, 0.1) is 0 Å². The van der Waals surface area contributed by atoms with Crippen LogP contribution in [-0.2, 0) is 0 Å². The quantitative estimate of drug-likeness (QED) is 0.637. The molecule has 2 rings (SSSR count). The number of hydrogen-bond acceptors (Lipinski definition) is 2. The van der Waals surface area contributed by atoms with Crippen LogP contribution in [0.25, 0.3) is 0 Å². The van der Waals surface area contributed by atoms with Gasteiger partial charge in [0.15, 0.2) is 0 Å². The molecule has 1 aromatic carbocycles. The van der Waals surface area contributed by atoms with Gasteiger partial charge in [0.2, 0.25) is 0 Å². The highest BCUT2D eigenvalue weighted by molar-refractivity contribution is 6.31. The van der Waals surface area contributed by atoms with Gasteiger partial charge in [-0.15, -0.1) is 0 Å². The van der Waals surface area contributed by atoms with Crippen molar-refractivity contribution in [2.45, 2.75) is 26.2 Å². The molecule has 0 bridgehead atoms. The molecule has 1 unspecified atom stereocenters. The standard InChI is InChI=1S/C14H20ClN3/c1-10-3-2-7-18(8-6-10)13-9-11(15)4-5-12(13)14(16)17/h4-5,9-10H,2-3,6-8H2,1H3,(H3,16,17). The molecule has 0 radical (unpaired) electrons. The number of rotatable bonds is 2. The first-order valence-corrected chi connectivity index (χ1v) is 6.84. The average molecular weight is 266 g/mol. The molecule has 98 valence electrons. The van der Waals surface area contributed by atoms with Crippen LogP contribution >= 0.6 is 11.6 Å². The molecule has 0 aliphatic carbocycles. The van der Waals surface area contributed by atoms with E-state index >= 15 is 0 Å². The molecule has 1 aromatic rings. The number of anilines is 1. The topological polar surface area (TPSA) is 53.1 Å². The number of nitrogens with two attached hydrogens (primary N) is 1. The predicted octanol–water partition coefficient (Wildman–Crippen LogP) is 3.25. The van der Waals surface area contributed by atoms with Gasteiger partial charge in [-0.25, -0.2) is 0 Å². The second-order valence-electron chi connectivity index (χ2n) is 5.10. The van der Waals surface area contributed by atoms with Gasteiger partial charge >= 0.3 is 0 Å². The minimum atomic E-state index is 0.110. The minimum Gasteiger partial charge on any atom is -0.384 e. The number of amidine groups is 1. The van der Waals surface area contributed by atoms with E-state index in [4.69, 9.17) is 22.7 Å². The van der Waals surface area contributed by atoms with Crippen LogP contribution in [0.3, 0.4) is 0 Å². The fourth-order valence-electron chi connectivity index (χ4n) is 2.50. The lowest BCUT2D eigenvalue weighted by atomic mass is 10.0. The zero-order chi connectivity index (χ0) is 13.1. The summed E-state index contributed by atoms with van der Waals surface area (Å²) in [6.45, 7) is 4.33. The van der Waals surface area contributed by atoms with Gasteiger partial charge < -0.3 is 10.6 Å². The third-order valence-electron chi connectivity index (χ3n) is 3.61. The highest BCUT2D eigenvalue weighted by Gasteiger charge is 2.17. The number of halogens is 1. The van der Waals surface area contributed by atoms with Crippen molar-refractivity contribution in [3.8, 4) is 0 Å². The number of benzene rings is 1. The number of nitrogens with zero attached hydrogens (tertiary/aromatic N) is 1. The van der Waals surface area contributed by atoms with Crippen LogP contribution in [0.2, 0.25) is 5.02 Å². The summed E-state index contributed by atoms with van der Waals surface area (Å²) >= 11 is 6.07. The van der Waals surface area contributed by atoms with E-state index in [2.05, 4.69) is 11.8 Å². The van der Waals surface area contributed by atoms with Gasteiger partial charge in [-0.1, -0.05) is 18.5 Å². The average Bonchev–Trinajstić information content (AvgIpc) is 2.53. The highest BCUT2D eigenvalue weighted by atomic mass is 35.5. The van der Waals surface area contributed by atoms with E-state index in [1.807, 2.05) is 12.1 Å². The molecule has 1 atom stereocenters. The molecule has 1 aliphatic rings. The molecular formula is C14H20ClN3. The van der Waals surface area contributed by atoms with Crippen molar-refractivity contribution in [1.29, 1.82) is 5.41 Å². The Morgan fingerprint density at radius 2 is 2.17 bits per heavy atom. The number of nitrogen functional groups attached to an aromatic ring is 1. The monoisotopic (exact) mass is 265 g/mol. The van der Waals surface area contributed by atoms with Gasteiger partial charge in [0, 0.05) is 29.4 Å². The van der Waals surface area contributed by atoms with E-state index in [0.717, 1.165) is 30.3 Å². The van der Waals surface area contributed by atoms with Crippen LogP contribution in [0.1, 0.15) is 31.7 Å². The van der Waals surface area contributed by atoms with Gasteiger partial charge in [-0.05, 0) is 43.4 Å². The van der Waals surface area contributed by atoms with Gasteiger partial charge in [0.1, 0.15) is 5.84 Å². The maximum Gasteiger partial charge on any atom is 0.124 e. The van der Waals surface area contributed by atoms with Gasteiger partial charge in [-0.3, -0.25) is 5.41 Å². The van der Waals surface area contributed by atoms with Gasteiger partial charge in [0.25, 0.3) is 0 Å². The van der Waals surface area contributed by atoms with Crippen molar-refractivity contribution in [1.82, 2.24) is 0 Å². The van der Waals surface area contributed by atoms with Crippen LogP contribution in [0, 0.1) is 11.3 Å². The van der Waals surface area contributed by atoms with Gasteiger partial charge in [-0.2, -0.15) is 0 Å². The fourth-order valence-corrected chi connectivity index (χ4v) is 2.66. The lowest BCUT2D eigenvalue weighted by molar-refractivity contribution is 0.521. The van der Waals surface area contributed by atoms with Crippen LogP contribution in [0.15, 0.2) is 18.2 Å². The Labute approximate surface area is 113 Å². The van der Waals surface area contributed by atoms with Crippen LogP contribution < -0.4 is 10.6 Å². The molecule has 18 heavy (non-hydrogen) atoms. The van der Waals surface area contributed by atoms with Crippen LogP contribution in [0.4, 0.5) is 5.69 Å². The van der Waals surface area contributed by atoms with Crippen LogP contribution in [-0.4, -0.2) is 18.9 Å². The Kier molecular flexibility index (Phi) is 4.12. The maximum absolute atomic E-state index is 7.67. The lowest BCUT2D eigenvalue weighted by Crippen LogP contribution is -2.27. The minimum absolute atomic E-state index is 0.110. The summed E-state index contributed by atoms with van der Waals surface area (Å²) in [5.41, 5.74) is 7.44. The van der Waals surface area contributed by atoms with Crippen molar-refractivity contribution < 1.29 is 0 Å². The van der Waals surface area contributed by atoms with E-state index in [9.17, 15) is 0 Å². The summed E-state index contributed by atoms with van der Waals surface area (Å²) in [7, 11) is 0. The molecule has 0 spiro atoms. The molecule has 1 aliphatic heterocycles. The maximum atomic E-state index is 7.67. The summed E-state index contributed by atoms with van der Waals surface area (Å²) in [4.78, 5) is 2.31. The van der Waals surface area contributed by atoms with E-state index < -0.39 is 0 Å². The molecular weight excluding hydrogens is 246 g/mol. The van der Waals surface area contributed by atoms with Crippen molar-refractivity contribution in [2.24, 2.45) is 11.7 Å². The smallest absolute Gasteiger partial charge is 0.124 e. The Balaban J connectivity index is 2.30. The normalized spacial score (nSPS) is 20.6. The third kappa shape index (κ3) is 2.96. The summed E-state index contributed by atoms with van der Waals surface area (Å²) in [5, 5.41) is 8.37. The molecule has 1 saturated heterocycles. The molecule has 1 heterocycles. The first-order valence-electron chi connectivity index (χ1n) is 6.47. The second kappa shape index (κ2) is 5.61. The van der Waals surface area contributed by atoms with Crippen LogP contribution in [0.5, 0.6) is 0 Å². The first kappa shape index (κ1) is 13.2. The van der Waals surface area contributed by atoms with E-state index in [1.165, 1.54) is 19.3 Å². The van der Waals surface area contributed by atoms with Crippen molar-refractivity contribution >= 4 is 23.1 Å². The van der Waals surface area contributed by atoms with Crippen molar-refractivity contribution in [2.75, 3.05) is 18.0 Å². The third-order valence-corrected chi connectivity index (χ3v) is 3.84. The molecule has 1 fully saturated rings. The zero-order valence-electron chi connectivity index (χ0n) is 10.7. The molecule has 0 amide bonds. The predicted molar refractivity (Wildman–Crippen MR) is 77.7 cm³/mol. The molecule has 4 heteroatoms. The Bertz CT molecular complexity index is 445. The fraction of sp³-hybridized carbons (Fsp3) is 0.500. The summed E-state index contributed by atoms with van der Waals surface area (Å²) in [5.74, 6) is 0.883. The molecule has 3 nitrogen and oxygen atoms in total. The number of hydrogen-bond donors (Lipinski definition) is 2. The first-order chi connectivity index (χ1) is 8.58. The van der Waals surface area contributed by atoms with Crippen molar-refractivity contribution in [3.63, 3.8) is 0 Å². The highest BCUT2D eigenvalue weighted by Crippen LogP contribution is 2.28. The Morgan fingerprint density at radius 3 is 2.89 bits per heavy atom. The lowest BCUT2D eigenvalue weighted by Gasteiger charge is -2.25. The number of nitrogens with one attached hydrogen (secondary N) is 1. The zero-order valence-corrected chi connectivity index (χ0v) is 11.5. The van der Waals surface area contributed by atoms with E-state index in [-0.39, 0.29) is 5.84 Å². The second-order valence-corrected chi connectivity index (χ2v) is 5.53. The molecule has 0 saturated carbocycles. The SMILES string of the molecule is CC1CCCN(c2cc(Cl)ccc2C(=N)N)CC1. The summed E-state index contributed by atoms with van der Waals surface area (Å²) < 4.78 is 0. The van der Waals surface area contributed by atoms with E-state index in [1.54, 1.807) is 6.07 Å². The van der Waals surface area contributed by atoms with E-state index in [0.29, 0.717) is 5.02 Å². The molecule has 0 aromatic heterocycles. The Hall–Kier alpha value is -1.22. The molecule has 3 N–H and O–H groups in total. The summed E-state index contributed by atoms with van der Waals surface area (Å²) in [6, 6.07) is 5.56. The van der Waals surface area contributed by atoms with Crippen molar-refractivity contribution in [3.05, 3.63) is 28.8 Å². The largest absolute Gasteiger partial charge is 0.384 e.